The molecular formula is C7H13ClN2O3. The number of piperazine rings is 1. The summed E-state index contributed by atoms with van der Waals surface area (Å²) < 4.78 is 0. The van der Waals surface area contributed by atoms with Crippen molar-refractivity contribution in [2.24, 2.45) is 0 Å². The number of hydrogen-bond acceptors (Lipinski definition) is 3. The fourth-order valence-electron chi connectivity index (χ4n) is 1.21. The lowest BCUT2D eigenvalue weighted by Gasteiger charge is -2.34. The Kier molecular flexibility index (Phi) is 4.16. The number of likely N-dealkylation sites (N-methyl/N-ethyl adjacent to an activating group) is 2. The second-order valence-electron chi connectivity index (χ2n) is 3.04. The Labute approximate surface area is 82.7 Å². The van der Waals surface area contributed by atoms with E-state index in [1.54, 1.807) is 19.0 Å². The maximum atomic E-state index is 11.1. The minimum absolute atomic E-state index is 0. The van der Waals surface area contributed by atoms with Gasteiger partial charge in [0.1, 0.15) is 6.04 Å². The van der Waals surface area contributed by atoms with E-state index in [2.05, 4.69) is 0 Å². The molecule has 0 aromatic heterocycles. The average molecular weight is 209 g/mol. The third-order valence-corrected chi connectivity index (χ3v) is 2.07. The highest BCUT2D eigenvalue weighted by atomic mass is 35.5. The summed E-state index contributed by atoms with van der Waals surface area (Å²) >= 11 is 0. The van der Waals surface area contributed by atoms with Gasteiger partial charge in [-0.3, -0.25) is 14.5 Å². The Balaban J connectivity index is 0.00000144. The van der Waals surface area contributed by atoms with Crippen LogP contribution in [0.1, 0.15) is 0 Å². The molecule has 1 aliphatic heterocycles. The molecule has 0 saturated carbocycles. The molecule has 76 valence electrons. The second-order valence-corrected chi connectivity index (χ2v) is 3.04. The van der Waals surface area contributed by atoms with Crippen LogP contribution in [0.2, 0.25) is 0 Å². The molecule has 1 fully saturated rings. The summed E-state index contributed by atoms with van der Waals surface area (Å²) in [6, 6.07) is -0.562. The number of carboxylic acid groups (broad SMARTS) is 1. The number of aliphatic carboxylic acids is 1. The van der Waals surface area contributed by atoms with E-state index >= 15 is 0 Å². The van der Waals surface area contributed by atoms with E-state index in [1.807, 2.05) is 0 Å². The van der Waals surface area contributed by atoms with Gasteiger partial charge in [0.2, 0.25) is 5.91 Å². The van der Waals surface area contributed by atoms with Crippen molar-refractivity contribution in [3.8, 4) is 0 Å². The minimum atomic E-state index is -0.878. The van der Waals surface area contributed by atoms with Crippen LogP contribution < -0.4 is 0 Å². The van der Waals surface area contributed by atoms with Gasteiger partial charge in [-0.2, -0.15) is 0 Å². The lowest BCUT2D eigenvalue weighted by Crippen LogP contribution is -2.56. The number of carbonyl (C=O) groups is 2. The molecule has 0 spiro atoms. The van der Waals surface area contributed by atoms with E-state index in [9.17, 15) is 9.59 Å². The smallest absolute Gasteiger partial charge is 0.322 e. The molecule has 1 aliphatic rings. The number of halogens is 1. The predicted octanol–water partition coefficient (Wildman–Crippen LogP) is -0.735. The van der Waals surface area contributed by atoms with Crippen LogP contribution in [-0.2, 0) is 9.59 Å². The molecule has 1 N–H and O–H groups in total. The molecule has 0 bridgehead atoms. The van der Waals surface area contributed by atoms with Gasteiger partial charge in [0, 0.05) is 13.6 Å². The third kappa shape index (κ3) is 2.57. The molecule has 13 heavy (non-hydrogen) atoms. The number of carboxylic acids is 1. The normalized spacial score (nSPS) is 24.0. The molecule has 0 radical (unpaired) electrons. The van der Waals surface area contributed by atoms with Gasteiger partial charge in [0.05, 0.1) is 6.54 Å². The highest BCUT2D eigenvalue weighted by Crippen LogP contribution is 2.06. The Morgan fingerprint density at radius 3 is 2.54 bits per heavy atom. The topological polar surface area (TPSA) is 60.9 Å². The van der Waals surface area contributed by atoms with E-state index in [0.29, 0.717) is 0 Å². The standard InChI is InChI=1S/C7H12N2O3.ClH/c1-8-4-6(10)9(2)3-5(8)7(11)12;/h5H,3-4H2,1-2H3,(H,11,12);1H. The van der Waals surface area contributed by atoms with Crippen molar-refractivity contribution in [2.75, 3.05) is 27.2 Å². The van der Waals surface area contributed by atoms with Crippen molar-refractivity contribution in [3.05, 3.63) is 0 Å². The predicted molar refractivity (Wildman–Crippen MR) is 48.9 cm³/mol. The summed E-state index contributed by atoms with van der Waals surface area (Å²) in [4.78, 5) is 24.7. The van der Waals surface area contributed by atoms with Crippen LogP contribution in [0.3, 0.4) is 0 Å². The van der Waals surface area contributed by atoms with Gasteiger partial charge in [0.15, 0.2) is 0 Å². The first-order valence-corrected chi connectivity index (χ1v) is 3.69. The van der Waals surface area contributed by atoms with Crippen molar-refractivity contribution >= 4 is 24.3 Å². The molecular weight excluding hydrogens is 196 g/mol. The molecule has 5 nitrogen and oxygen atoms in total. The first-order valence-electron chi connectivity index (χ1n) is 3.69. The summed E-state index contributed by atoms with van der Waals surface area (Å²) in [7, 11) is 3.26. The molecule has 1 heterocycles. The monoisotopic (exact) mass is 208 g/mol. The summed E-state index contributed by atoms with van der Waals surface area (Å²) in [6.07, 6.45) is 0. The van der Waals surface area contributed by atoms with Crippen molar-refractivity contribution in [3.63, 3.8) is 0 Å². The number of carbonyl (C=O) groups excluding carboxylic acids is 1. The molecule has 1 unspecified atom stereocenters. The number of rotatable bonds is 1. The van der Waals surface area contributed by atoms with Gasteiger partial charge in [-0.1, -0.05) is 0 Å². The number of nitrogens with zero attached hydrogens (tertiary/aromatic N) is 2. The quantitative estimate of drug-likeness (QED) is 0.617. The van der Waals surface area contributed by atoms with E-state index in [-0.39, 0.29) is 31.4 Å². The molecule has 0 aromatic rings. The Hall–Kier alpha value is -0.810. The summed E-state index contributed by atoms with van der Waals surface area (Å²) in [5.41, 5.74) is 0. The first-order chi connectivity index (χ1) is 5.52. The van der Waals surface area contributed by atoms with Crippen molar-refractivity contribution < 1.29 is 14.7 Å². The Bertz CT molecular complexity index is 222. The SMILES string of the molecule is CN1CC(C(=O)O)N(C)CC1=O.Cl. The first kappa shape index (κ1) is 12.2. The Morgan fingerprint density at radius 2 is 2.08 bits per heavy atom. The summed E-state index contributed by atoms with van der Waals surface area (Å²) in [5.74, 6) is -0.910. The van der Waals surface area contributed by atoms with Crippen molar-refractivity contribution in [1.82, 2.24) is 9.80 Å². The maximum absolute atomic E-state index is 11.1. The highest BCUT2D eigenvalue weighted by Gasteiger charge is 2.32. The maximum Gasteiger partial charge on any atom is 0.322 e. The Morgan fingerprint density at radius 1 is 1.54 bits per heavy atom. The van der Waals surface area contributed by atoms with Crippen LogP contribution in [0.4, 0.5) is 0 Å². The molecule has 1 saturated heterocycles. The highest BCUT2D eigenvalue weighted by molar-refractivity contribution is 5.85. The van der Waals surface area contributed by atoms with Gasteiger partial charge in [-0.05, 0) is 7.05 Å². The van der Waals surface area contributed by atoms with Gasteiger partial charge in [0.25, 0.3) is 0 Å². The fraction of sp³-hybridized carbons (Fsp3) is 0.714. The average Bonchev–Trinajstić information content (AvgIpc) is 1.96. The van der Waals surface area contributed by atoms with Gasteiger partial charge in [-0.25, -0.2) is 0 Å². The molecule has 1 rings (SSSR count). The van der Waals surface area contributed by atoms with Crippen molar-refractivity contribution in [1.29, 1.82) is 0 Å². The van der Waals surface area contributed by atoms with E-state index in [0.717, 1.165) is 0 Å². The number of hydrogen-bond donors (Lipinski definition) is 1. The van der Waals surface area contributed by atoms with E-state index < -0.39 is 12.0 Å². The lowest BCUT2D eigenvalue weighted by molar-refractivity contribution is -0.149. The van der Waals surface area contributed by atoms with Crippen LogP contribution in [-0.4, -0.2) is 60.0 Å². The van der Waals surface area contributed by atoms with Gasteiger partial charge < -0.3 is 10.0 Å². The largest absolute Gasteiger partial charge is 0.480 e. The zero-order chi connectivity index (χ0) is 9.30. The van der Waals surface area contributed by atoms with Crippen LogP contribution >= 0.6 is 12.4 Å². The summed E-state index contributed by atoms with van der Waals surface area (Å²) in [5, 5.41) is 8.73. The molecule has 6 heteroatoms. The van der Waals surface area contributed by atoms with Crippen LogP contribution in [0, 0.1) is 0 Å². The van der Waals surface area contributed by atoms with E-state index in [4.69, 9.17) is 5.11 Å². The second kappa shape index (κ2) is 4.43. The molecule has 1 atom stereocenters. The molecule has 0 aromatic carbocycles. The zero-order valence-corrected chi connectivity index (χ0v) is 8.37. The number of amides is 1. The van der Waals surface area contributed by atoms with Crippen LogP contribution in [0.25, 0.3) is 0 Å². The van der Waals surface area contributed by atoms with Gasteiger partial charge >= 0.3 is 5.97 Å². The molecule has 0 aliphatic carbocycles. The minimum Gasteiger partial charge on any atom is -0.480 e. The van der Waals surface area contributed by atoms with E-state index in [1.165, 1.54) is 4.90 Å². The summed E-state index contributed by atoms with van der Waals surface area (Å²) in [6.45, 7) is 0.456. The van der Waals surface area contributed by atoms with Crippen molar-refractivity contribution in [2.45, 2.75) is 6.04 Å². The zero-order valence-electron chi connectivity index (χ0n) is 7.56. The third-order valence-electron chi connectivity index (χ3n) is 2.07. The molecule has 1 amide bonds. The van der Waals surface area contributed by atoms with Crippen LogP contribution in [0.15, 0.2) is 0 Å². The fourth-order valence-corrected chi connectivity index (χ4v) is 1.21. The lowest BCUT2D eigenvalue weighted by atomic mass is 10.2. The van der Waals surface area contributed by atoms with Crippen LogP contribution in [0.5, 0.6) is 0 Å². The van der Waals surface area contributed by atoms with Gasteiger partial charge in [-0.15, -0.1) is 12.4 Å².